The maximum atomic E-state index is 12.2. The Morgan fingerprint density at radius 1 is 1.32 bits per heavy atom. The van der Waals surface area contributed by atoms with Crippen molar-refractivity contribution >= 4 is 11.7 Å². The van der Waals surface area contributed by atoms with Crippen molar-refractivity contribution in [3.8, 4) is 0 Å². The van der Waals surface area contributed by atoms with Gasteiger partial charge in [0.25, 0.3) is 0 Å². The predicted molar refractivity (Wildman–Crippen MR) is 84.5 cm³/mol. The number of carbonyl (C=O) groups excluding carboxylic acids is 1. The van der Waals surface area contributed by atoms with Gasteiger partial charge in [0, 0.05) is 39.0 Å². The maximum Gasteiger partial charge on any atom is 0.240 e. The fourth-order valence-electron chi connectivity index (χ4n) is 2.98. The number of amides is 1. The summed E-state index contributed by atoms with van der Waals surface area (Å²) in [4.78, 5) is 19.0. The number of anilines is 1. The number of ether oxygens (including phenoxy) is 1. The molecule has 0 bridgehead atoms. The first-order valence-corrected chi connectivity index (χ1v) is 8.02. The van der Waals surface area contributed by atoms with Gasteiger partial charge in [-0.2, -0.15) is 0 Å². The quantitative estimate of drug-likeness (QED) is 0.860. The van der Waals surface area contributed by atoms with Crippen LogP contribution in [0.5, 0.6) is 0 Å². The molecule has 22 heavy (non-hydrogen) atoms. The number of aromatic nitrogens is 1. The van der Waals surface area contributed by atoms with Crippen LogP contribution in [0.4, 0.5) is 5.82 Å². The van der Waals surface area contributed by atoms with Crippen LogP contribution in [-0.2, 0) is 16.1 Å². The summed E-state index contributed by atoms with van der Waals surface area (Å²) in [6.07, 6.45) is 5.46. The van der Waals surface area contributed by atoms with Gasteiger partial charge >= 0.3 is 0 Å². The molecule has 0 aliphatic carbocycles. The molecule has 2 aliphatic heterocycles. The summed E-state index contributed by atoms with van der Waals surface area (Å²) in [5.41, 5.74) is 6.36. The fraction of sp³-hybridized carbons (Fsp3) is 0.625. The summed E-state index contributed by atoms with van der Waals surface area (Å²) in [7, 11) is 0. The molecule has 0 saturated carbocycles. The Hall–Kier alpha value is -1.66. The van der Waals surface area contributed by atoms with Gasteiger partial charge in [0.05, 0.1) is 5.54 Å². The van der Waals surface area contributed by atoms with Crippen LogP contribution in [-0.4, -0.2) is 42.7 Å². The first-order chi connectivity index (χ1) is 10.7. The number of nitrogens with one attached hydrogen (secondary N) is 1. The van der Waals surface area contributed by atoms with Crippen molar-refractivity contribution in [3.63, 3.8) is 0 Å². The van der Waals surface area contributed by atoms with Crippen molar-refractivity contribution < 1.29 is 9.53 Å². The number of pyridine rings is 1. The van der Waals surface area contributed by atoms with Crippen molar-refractivity contribution in [1.82, 2.24) is 10.3 Å². The number of hydrogen-bond acceptors (Lipinski definition) is 5. The molecule has 0 spiro atoms. The molecular formula is C16H24N4O2. The topological polar surface area (TPSA) is 80.5 Å². The summed E-state index contributed by atoms with van der Waals surface area (Å²) < 4.78 is 5.27. The standard InChI is InChI=1S/C16H24N4O2/c17-16(5-9-22-10-6-16)15(21)19-12-13-3-4-14(18-11-13)20-7-1-2-8-20/h3-4,11H,1-2,5-10,12,17H2,(H,19,21). The second kappa shape index (κ2) is 6.62. The summed E-state index contributed by atoms with van der Waals surface area (Å²) in [6.45, 7) is 3.74. The minimum Gasteiger partial charge on any atom is -0.381 e. The minimum atomic E-state index is -0.791. The van der Waals surface area contributed by atoms with E-state index in [1.165, 1.54) is 12.8 Å². The summed E-state index contributed by atoms with van der Waals surface area (Å²) in [5, 5.41) is 2.93. The zero-order chi connectivity index (χ0) is 15.4. The lowest BCUT2D eigenvalue weighted by molar-refractivity contribution is -0.129. The molecule has 1 aromatic heterocycles. The van der Waals surface area contributed by atoms with Gasteiger partial charge in [0.1, 0.15) is 5.82 Å². The van der Waals surface area contributed by atoms with E-state index in [1.54, 1.807) is 0 Å². The highest BCUT2D eigenvalue weighted by Crippen LogP contribution is 2.19. The van der Waals surface area contributed by atoms with Crippen LogP contribution in [0.1, 0.15) is 31.2 Å². The third-order valence-corrected chi connectivity index (χ3v) is 4.53. The Kier molecular flexibility index (Phi) is 4.59. The van der Waals surface area contributed by atoms with Gasteiger partial charge in [-0.25, -0.2) is 4.98 Å². The summed E-state index contributed by atoms with van der Waals surface area (Å²) in [6, 6.07) is 4.05. The van der Waals surface area contributed by atoms with Gasteiger partial charge in [-0.15, -0.1) is 0 Å². The third-order valence-electron chi connectivity index (χ3n) is 4.53. The van der Waals surface area contributed by atoms with Crippen LogP contribution in [0.2, 0.25) is 0 Å². The molecule has 0 unspecified atom stereocenters. The molecule has 6 heteroatoms. The van der Waals surface area contributed by atoms with Crippen molar-refractivity contribution in [2.24, 2.45) is 5.73 Å². The zero-order valence-electron chi connectivity index (χ0n) is 12.9. The average Bonchev–Trinajstić information content (AvgIpc) is 3.08. The van der Waals surface area contributed by atoms with E-state index in [9.17, 15) is 4.79 Å². The van der Waals surface area contributed by atoms with Crippen LogP contribution in [0.3, 0.4) is 0 Å². The maximum absolute atomic E-state index is 12.2. The number of carbonyl (C=O) groups is 1. The van der Waals surface area contributed by atoms with E-state index in [0.717, 1.165) is 24.5 Å². The van der Waals surface area contributed by atoms with Crippen LogP contribution >= 0.6 is 0 Å². The van der Waals surface area contributed by atoms with Gasteiger partial charge in [0.15, 0.2) is 0 Å². The van der Waals surface area contributed by atoms with E-state index in [-0.39, 0.29) is 5.91 Å². The van der Waals surface area contributed by atoms with Crippen molar-refractivity contribution in [2.75, 3.05) is 31.2 Å². The van der Waals surface area contributed by atoms with Gasteiger partial charge in [-0.1, -0.05) is 6.07 Å². The number of nitrogens with two attached hydrogens (primary N) is 1. The first kappa shape index (κ1) is 15.2. The Balaban J connectivity index is 1.53. The van der Waals surface area contributed by atoms with Gasteiger partial charge in [-0.05, 0) is 37.3 Å². The SMILES string of the molecule is NC1(C(=O)NCc2ccc(N3CCCC3)nc2)CCOCC1. The molecule has 0 atom stereocenters. The molecule has 1 amide bonds. The molecule has 3 rings (SSSR count). The largest absolute Gasteiger partial charge is 0.381 e. The molecule has 2 saturated heterocycles. The highest BCUT2D eigenvalue weighted by Gasteiger charge is 2.35. The van der Waals surface area contributed by atoms with E-state index in [0.29, 0.717) is 32.6 Å². The van der Waals surface area contributed by atoms with Crippen LogP contribution < -0.4 is 16.0 Å². The Bertz CT molecular complexity index is 505. The van der Waals surface area contributed by atoms with Crippen molar-refractivity contribution in [3.05, 3.63) is 23.9 Å². The number of nitrogens with zero attached hydrogens (tertiary/aromatic N) is 2. The van der Waals surface area contributed by atoms with Crippen molar-refractivity contribution in [1.29, 1.82) is 0 Å². The van der Waals surface area contributed by atoms with E-state index in [1.807, 2.05) is 18.3 Å². The molecule has 2 aliphatic rings. The normalized spacial score (nSPS) is 20.9. The van der Waals surface area contributed by atoms with Crippen LogP contribution in [0, 0.1) is 0 Å². The average molecular weight is 304 g/mol. The van der Waals surface area contributed by atoms with E-state index < -0.39 is 5.54 Å². The summed E-state index contributed by atoms with van der Waals surface area (Å²) >= 11 is 0. The Morgan fingerprint density at radius 2 is 2.05 bits per heavy atom. The lowest BCUT2D eigenvalue weighted by Gasteiger charge is -2.31. The molecule has 0 radical (unpaired) electrons. The van der Waals surface area contributed by atoms with Crippen molar-refractivity contribution in [2.45, 2.75) is 37.8 Å². The lowest BCUT2D eigenvalue weighted by atomic mass is 9.90. The van der Waals surface area contributed by atoms with Crippen LogP contribution in [0.25, 0.3) is 0 Å². The molecule has 2 fully saturated rings. The Morgan fingerprint density at radius 3 is 2.68 bits per heavy atom. The van der Waals surface area contributed by atoms with E-state index in [4.69, 9.17) is 10.5 Å². The molecule has 3 N–H and O–H groups in total. The minimum absolute atomic E-state index is 0.0978. The molecule has 3 heterocycles. The van der Waals surface area contributed by atoms with Gasteiger partial charge < -0.3 is 20.7 Å². The predicted octanol–water partition coefficient (Wildman–Crippen LogP) is 0.806. The first-order valence-electron chi connectivity index (χ1n) is 8.02. The van der Waals surface area contributed by atoms with E-state index in [2.05, 4.69) is 15.2 Å². The molecule has 6 nitrogen and oxygen atoms in total. The lowest BCUT2D eigenvalue weighted by Crippen LogP contribution is -2.56. The van der Waals surface area contributed by atoms with Gasteiger partial charge in [-0.3, -0.25) is 4.79 Å². The molecule has 1 aromatic rings. The second-order valence-corrected chi connectivity index (χ2v) is 6.17. The van der Waals surface area contributed by atoms with Gasteiger partial charge in [0.2, 0.25) is 5.91 Å². The monoisotopic (exact) mass is 304 g/mol. The zero-order valence-corrected chi connectivity index (χ0v) is 12.9. The number of hydrogen-bond donors (Lipinski definition) is 2. The highest BCUT2D eigenvalue weighted by atomic mass is 16.5. The molecule has 0 aromatic carbocycles. The highest BCUT2D eigenvalue weighted by molar-refractivity contribution is 5.86. The number of rotatable bonds is 4. The smallest absolute Gasteiger partial charge is 0.240 e. The fourth-order valence-corrected chi connectivity index (χ4v) is 2.98. The second-order valence-electron chi connectivity index (χ2n) is 6.17. The van der Waals surface area contributed by atoms with Crippen LogP contribution in [0.15, 0.2) is 18.3 Å². The molecular weight excluding hydrogens is 280 g/mol. The molecule has 120 valence electrons. The Labute approximate surface area is 131 Å². The summed E-state index contributed by atoms with van der Waals surface area (Å²) in [5.74, 6) is 0.923. The third kappa shape index (κ3) is 3.39. The van der Waals surface area contributed by atoms with E-state index >= 15 is 0 Å².